The van der Waals surface area contributed by atoms with Crippen LogP contribution in [0.2, 0.25) is 0 Å². The molecular formula is C6H4OS. The summed E-state index contributed by atoms with van der Waals surface area (Å²) in [7, 11) is 0. The van der Waals surface area contributed by atoms with Gasteiger partial charge >= 0.3 is 0 Å². The first kappa shape index (κ1) is 4.15. The second kappa shape index (κ2) is 1.36. The maximum absolute atomic E-state index is 4.99. The van der Waals surface area contributed by atoms with Gasteiger partial charge in [-0.2, -0.15) is 0 Å². The molecule has 0 aliphatic carbocycles. The number of rotatable bonds is 0. The normalized spacial score (nSPS) is 10.5. The number of hydrogen-bond acceptors (Lipinski definition) is 2. The zero-order chi connectivity index (χ0) is 5.40. The Morgan fingerprint density at radius 3 is 2.50 bits per heavy atom. The predicted molar refractivity (Wildman–Crippen MR) is 34.1 cm³/mol. The molecule has 2 heteroatoms. The molecule has 0 aliphatic heterocycles. The van der Waals surface area contributed by atoms with Gasteiger partial charge in [0.1, 0.15) is 4.70 Å². The van der Waals surface area contributed by atoms with Gasteiger partial charge in [-0.15, -0.1) is 0 Å². The van der Waals surface area contributed by atoms with E-state index < -0.39 is 0 Å². The molecule has 0 unspecified atom stereocenters. The zero-order valence-electron chi connectivity index (χ0n) is 4.13. The Morgan fingerprint density at radius 2 is 2.12 bits per heavy atom. The molecule has 0 aliphatic rings. The lowest BCUT2D eigenvalue weighted by atomic mass is 10.4. The fraction of sp³-hybridized carbons (Fsp3) is 0. The molecule has 1 aromatic carbocycles. The highest BCUT2D eigenvalue weighted by molar-refractivity contribution is 7.12. The molecule has 2 rings (SSSR count). The van der Waals surface area contributed by atoms with Crippen LogP contribution in [0.3, 0.4) is 0 Å². The summed E-state index contributed by atoms with van der Waals surface area (Å²) in [6.45, 7) is 0. The van der Waals surface area contributed by atoms with Crippen LogP contribution in [-0.2, 0) is 0 Å². The predicted octanol–water partition coefficient (Wildman–Crippen LogP) is 2.49. The van der Waals surface area contributed by atoms with Gasteiger partial charge in [-0.05, 0) is 12.1 Å². The van der Waals surface area contributed by atoms with Crippen molar-refractivity contribution < 1.29 is 3.85 Å². The molecule has 0 bridgehead atoms. The van der Waals surface area contributed by atoms with Crippen LogP contribution >= 0.6 is 11.6 Å². The maximum Gasteiger partial charge on any atom is 0.164 e. The maximum atomic E-state index is 4.99. The van der Waals surface area contributed by atoms with Crippen LogP contribution < -0.4 is 0 Å². The summed E-state index contributed by atoms with van der Waals surface area (Å²) in [5.74, 6) is 0. The van der Waals surface area contributed by atoms with E-state index in [4.69, 9.17) is 3.85 Å². The van der Waals surface area contributed by atoms with Crippen LogP contribution in [0, 0.1) is 0 Å². The highest BCUT2D eigenvalue weighted by Gasteiger charge is 1.95. The molecule has 1 aromatic heterocycles. The second-order valence-corrected chi connectivity index (χ2v) is 2.39. The van der Waals surface area contributed by atoms with Gasteiger partial charge in [0.15, 0.2) is 5.58 Å². The van der Waals surface area contributed by atoms with Crippen molar-refractivity contribution in [3.8, 4) is 0 Å². The Kier molecular flexibility index (Phi) is 0.704. The summed E-state index contributed by atoms with van der Waals surface area (Å²) in [6.07, 6.45) is 0. The van der Waals surface area contributed by atoms with E-state index in [0.29, 0.717) is 0 Å². The van der Waals surface area contributed by atoms with Crippen molar-refractivity contribution in [2.75, 3.05) is 0 Å². The highest BCUT2D eigenvalue weighted by atomic mass is 32.1. The van der Waals surface area contributed by atoms with Gasteiger partial charge in [0.2, 0.25) is 0 Å². The fourth-order valence-corrected chi connectivity index (χ4v) is 1.18. The molecule has 0 radical (unpaired) electrons. The summed E-state index contributed by atoms with van der Waals surface area (Å²) in [5.41, 5.74) is 1.01. The fourth-order valence-electron chi connectivity index (χ4n) is 0.644. The van der Waals surface area contributed by atoms with Gasteiger partial charge in [-0.1, -0.05) is 12.1 Å². The van der Waals surface area contributed by atoms with Crippen molar-refractivity contribution in [1.82, 2.24) is 0 Å². The van der Waals surface area contributed by atoms with Gasteiger partial charge in [-0.3, -0.25) is 0 Å². The van der Waals surface area contributed by atoms with Crippen molar-refractivity contribution in [2.45, 2.75) is 0 Å². The van der Waals surface area contributed by atoms with E-state index in [1.165, 1.54) is 16.3 Å². The van der Waals surface area contributed by atoms with E-state index >= 15 is 0 Å². The first-order valence-corrected chi connectivity index (χ1v) is 3.14. The van der Waals surface area contributed by atoms with E-state index in [-0.39, 0.29) is 0 Å². The molecule has 1 heterocycles. The minimum Gasteiger partial charge on any atom is -0.400 e. The molecule has 0 saturated heterocycles. The molecule has 0 amide bonds. The van der Waals surface area contributed by atoms with Crippen molar-refractivity contribution in [3.63, 3.8) is 0 Å². The van der Waals surface area contributed by atoms with E-state index in [0.717, 1.165) is 5.58 Å². The lowest BCUT2D eigenvalue weighted by Crippen LogP contribution is -1.65. The quantitative estimate of drug-likeness (QED) is 0.526. The molecule has 0 N–H and O–H groups in total. The van der Waals surface area contributed by atoms with Crippen molar-refractivity contribution >= 4 is 21.9 Å². The van der Waals surface area contributed by atoms with Crippen LogP contribution in [-0.4, -0.2) is 0 Å². The van der Waals surface area contributed by atoms with E-state index in [2.05, 4.69) is 0 Å². The monoisotopic (exact) mass is 124 g/mol. The minimum absolute atomic E-state index is 1.01. The SMILES string of the molecule is c1ccc2soc2c1. The van der Waals surface area contributed by atoms with Crippen LogP contribution in [0.15, 0.2) is 28.1 Å². The molecule has 0 spiro atoms. The van der Waals surface area contributed by atoms with Crippen LogP contribution in [0.5, 0.6) is 0 Å². The zero-order valence-corrected chi connectivity index (χ0v) is 4.94. The Labute approximate surface area is 50.8 Å². The lowest BCUT2D eigenvalue weighted by Gasteiger charge is -1.93. The van der Waals surface area contributed by atoms with E-state index in [9.17, 15) is 0 Å². The Balaban J connectivity index is 2.88. The summed E-state index contributed by atoms with van der Waals surface area (Å²) in [6, 6.07) is 7.99. The van der Waals surface area contributed by atoms with Gasteiger partial charge < -0.3 is 3.85 Å². The molecule has 8 heavy (non-hydrogen) atoms. The molecule has 40 valence electrons. The smallest absolute Gasteiger partial charge is 0.164 e. The van der Waals surface area contributed by atoms with Gasteiger partial charge in [0.05, 0.1) is 0 Å². The summed E-state index contributed by atoms with van der Waals surface area (Å²) in [5, 5.41) is 0. The summed E-state index contributed by atoms with van der Waals surface area (Å²) >= 11 is 1.43. The van der Waals surface area contributed by atoms with Gasteiger partial charge in [0, 0.05) is 11.6 Å². The number of hydrogen-bond donors (Lipinski definition) is 0. The molecule has 0 saturated carbocycles. The Hall–Kier alpha value is -0.760. The highest BCUT2D eigenvalue weighted by Crippen LogP contribution is 2.22. The van der Waals surface area contributed by atoms with Crippen molar-refractivity contribution in [2.24, 2.45) is 0 Å². The molecule has 0 fully saturated rings. The molecule has 0 atom stereocenters. The van der Waals surface area contributed by atoms with Crippen LogP contribution in [0.25, 0.3) is 10.3 Å². The molecular weight excluding hydrogens is 120 g/mol. The summed E-state index contributed by atoms with van der Waals surface area (Å²) in [4.78, 5) is 0. The third-order valence-electron chi connectivity index (χ3n) is 1.07. The first-order chi connectivity index (χ1) is 3.97. The molecule has 1 nitrogen and oxygen atoms in total. The summed E-state index contributed by atoms with van der Waals surface area (Å²) < 4.78 is 6.24. The largest absolute Gasteiger partial charge is 0.400 e. The molecule has 2 aromatic rings. The topological polar surface area (TPSA) is 13.1 Å². The Bertz CT molecular complexity index is 251. The van der Waals surface area contributed by atoms with Crippen LogP contribution in [0.1, 0.15) is 0 Å². The first-order valence-electron chi connectivity index (χ1n) is 2.40. The Morgan fingerprint density at radius 1 is 1.25 bits per heavy atom. The van der Waals surface area contributed by atoms with Gasteiger partial charge in [-0.25, -0.2) is 0 Å². The second-order valence-electron chi connectivity index (χ2n) is 1.61. The third kappa shape index (κ3) is 0.406. The van der Waals surface area contributed by atoms with Gasteiger partial charge in [0.25, 0.3) is 0 Å². The number of benzene rings is 1. The van der Waals surface area contributed by atoms with Crippen molar-refractivity contribution in [3.05, 3.63) is 24.3 Å². The van der Waals surface area contributed by atoms with Crippen molar-refractivity contribution in [1.29, 1.82) is 0 Å². The van der Waals surface area contributed by atoms with E-state index in [1.807, 2.05) is 24.3 Å². The van der Waals surface area contributed by atoms with Crippen LogP contribution in [0.4, 0.5) is 0 Å². The third-order valence-corrected chi connectivity index (χ3v) is 1.85. The average molecular weight is 124 g/mol. The lowest BCUT2D eigenvalue weighted by molar-refractivity contribution is 0.735. The number of para-hydroxylation sites is 1. The standard InChI is InChI=1S/C6H4OS/c1-2-4-6-5(3-1)7-8-6/h1-4H. The number of fused-ring (bicyclic) bond motifs is 1. The average Bonchev–Trinajstić information content (AvgIpc) is 1.72. The minimum atomic E-state index is 1.01. The van der Waals surface area contributed by atoms with E-state index in [1.54, 1.807) is 0 Å².